The van der Waals surface area contributed by atoms with Gasteiger partial charge < -0.3 is 4.74 Å². The highest BCUT2D eigenvalue weighted by Gasteiger charge is 2.17. The number of anilines is 1. The number of nitrogens with zero attached hydrogens (tertiary/aromatic N) is 2. The summed E-state index contributed by atoms with van der Waals surface area (Å²) >= 11 is 1.30. The zero-order valence-electron chi connectivity index (χ0n) is 12.3. The fourth-order valence-corrected chi connectivity index (χ4v) is 2.00. The molecule has 7 nitrogen and oxygen atoms in total. The van der Waals surface area contributed by atoms with Gasteiger partial charge in [-0.25, -0.2) is 14.8 Å². The van der Waals surface area contributed by atoms with Crippen molar-refractivity contribution in [2.24, 2.45) is 0 Å². The van der Waals surface area contributed by atoms with Crippen molar-refractivity contribution in [3.63, 3.8) is 0 Å². The van der Waals surface area contributed by atoms with Crippen LogP contribution in [0.1, 0.15) is 25.8 Å². The second-order valence-electron chi connectivity index (χ2n) is 5.02. The van der Waals surface area contributed by atoms with E-state index in [2.05, 4.69) is 16.9 Å². The lowest BCUT2D eigenvalue weighted by molar-refractivity contribution is -0.220. The van der Waals surface area contributed by atoms with Crippen molar-refractivity contribution in [1.82, 2.24) is 10.0 Å². The smallest absolute Gasteiger partial charge is 0.413 e. The van der Waals surface area contributed by atoms with Crippen molar-refractivity contribution in [3.05, 3.63) is 23.0 Å². The Kier molecular flexibility index (Phi) is 6.32. The first kappa shape index (κ1) is 17.1. The van der Waals surface area contributed by atoms with Crippen LogP contribution in [0.2, 0.25) is 0 Å². The summed E-state index contributed by atoms with van der Waals surface area (Å²) in [7, 11) is 0. The first-order chi connectivity index (χ1) is 9.84. The Balaban J connectivity index is 2.56. The van der Waals surface area contributed by atoms with Gasteiger partial charge in [0.25, 0.3) is 0 Å². The predicted octanol–water partition coefficient (Wildman–Crippen LogP) is 2.57. The molecule has 0 aliphatic heterocycles. The van der Waals surface area contributed by atoms with E-state index in [1.54, 1.807) is 5.38 Å². The van der Waals surface area contributed by atoms with Crippen LogP contribution in [0, 0.1) is 0 Å². The van der Waals surface area contributed by atoms with E-state index in [4.69, 9.17) is 9.57 Å². The molecule has 0 fully saturated rings. The van der Waals surface area contributed by atoms with Crippen LogP contribution >= 0.6 is 11.3 Å². The highest BCUT2D eigenvalue weighted by atomic mass is 32.1. The minimum atomic E-state index is -0.607. The maximum absolute atomic E-state index is 11.3. The van der Waals surface area contributed by atoms with Gasteiger partial charge in [-0.2, -0.15) is 0 Å². The van der Waals surface area contributed by atoms with Crippen LogP contribution in [0.4, 0.5) is 10.6 Å². The summed E-state index contributed by atoms with van der Waals surface area (Å²) < 4.78 is 4.78. The zero-order valence-corrected chi connectivity index (χ0v) is 13.1. The van der Waals surface area contributed by atoms with Gasteiger partial charge in [0.1, 0.15) is 24.0 Å². The number of amides is 2. The zero-order chi connectivity index (χ0) is 15.9. The van der Waals surface area contributed by atoms with Gasteiger partial charge in [-0.05, 0) is 20.8 Å². The van der Waals surface area contributed by atoms with Crippen molar-refractivity contribution in [2.75, 3.05) is 11.9 Å². The van der Waals surface area contributed by atoms with Crippen LogP contribution in [0.5, 0.6) is 0 Å². The summed E-state index contributed by atoms with van der Waals surface area (Å²) in [5.41, 5.74) is -0.478. The van der Waals surface area contributed by atoms with E-state index < -0.39 is 11.7 Å². The number of nitrogens with one attached hydrogen (secondary N) is 1. The van der Waals surface area contributed by atoms with Crippen molar-refractivity contribution < 1.29 is 19.2 Å². The van der Waals surface area contributed by atoms with Gasteiger partial charge in [-0.1, -0.05) is 12.7 Å². The molecule has 0 radical (unpaired) electrons. The first-order valence-corrected chi connectivity index (χ1v) is 7.12. The average molecular weight is 313 g/mol. The Hall–Kier alpha value is -1.93. The molecule has 0 atom stereocenters. The standard InChI is InChI=1S/C13H19N3O4S/c1-5-6-19-12(18)15-10-8-21-11(14-10)7-16(9-17)20-13(2,3)4/h5,8-9H,1,6-7H2,2-4H3,(H,15,18). The van der Waals surface area contributed by atoms with E-state index >= 15 is 0 Å². The largest absolute Gasteiger partial charge is 0.445 e. The number of hydrogen-bond donors (Lipinski definition) is 1. The van der Waals surface area contributed by atoms with Crippen LogP contribution in [-0.2, 0) is 20.9 Å². The molecule has 1 rings (SSSR count). The molecule has 1 aromatic rings. The second kappa shape index (κ2) is 7.75. The Morgan fingerprint density at radius 3 is 2.86 bits per heavy atom. The van der Waals surface area contributed by atoms with E-state index in [1.165, 1.54) is 22.5 Å². The number of hydrogen-bond acceptors (Lipinski definition) is 6. The van der Waals surface area contributed by atoms with E-state index in [0.717, 1.165) is 0 Å². The van der Waals surface area contributed by atoms with Crippen LogP contribution in [0.25, 0.3) is 0 Å². The first-order valence-electron chi connectivity index (χ1n) is 6.24. The Morgan fingerprint density at radius 1 is 1.57 bits per heavy atom. The highest BCUT2D eigenvalue weighted by Crippen LogP contribution is 2.18. The third-order valence-electron chi connectivity index (χ3n) is 1.91. The van der Waals surface area contributed by atoms with Crippen molar-refractivity contribution in [3.8, 4) is 0 Å². The number of rotatable bonds is 7. The van der Waals surface area contributed by atoms with Gasteiger partial charge in [-0.3, -0.25) is 14.9 Å². The maximum Gasteiger partial charge on any atom is 0.413 e. The number of thiazole rings is 1. The van der Waals surface area contributed by atoms with E-state index in [9.17, 15) is 9.59 Å². The fraction of sp³-hybridized carbons (Fsp3) is 0.462. The van der Waals surface area contributed by atoms with E-state index in [-0.39, 0.29) is 13.2 Å². The quantitative estimate of drug-likeness (QED) is 0.475. The van der Waals surface area contributed by atoms with Gasteiger partial charge in [0, 0.05) is 5.38 Å². The molecule has 0 unspecified atom stereocenters. The summed E-state index contributed by atoms with van der Waals surface area (Å²) in [6.45, 7) is 9.30. The molecular weight excluding hydrogens is 294 g/mol. The molecule has 116 valence electrons. The minimum absolute atomic E-state index is 0.126. The van der Waals surface area contributed by atoms with Crippen LogP contribution in [0.15, 0.2) is 18.0 Å². The molecule has 0 aromatic carbocycles. The number of carbonyl (C=O) groups is 2. The molecule has 0 saturated heterocycles. The topological polar surface area (TPSA) is 80.8 Å². The lowest BCUT2D eigenvalue weighted by Crippen LogP contribution is -2.32. The summed E-state index contributed by atoms with van der Waals surface area (Å²) in [6.07, 6.45) is 1.46. The fourth-order valence-electron chi connectivity index (χ4n) is 1.29. The Labute approximate surface area is 127 Å². The van der Waals surface area contributed by atoms with Gasteiger partial charge in [0.2, 0.25) is 6.41 Å². The average Bonchev–Trinajstić information content (AvgIpc) is 2.81. The monoisotopic (exact) mass is 313 g/mol. The lowest BCUT2D eigenvalue weighted by atomic mass is 10.2. The maximum atomic E-state index is 11.3. The van der Waals surface area contributed by atoms with Gasteiger partial charge in [0.05, 0.1) is 5.60 Å². The molecule has 0 aliphatic rings. The highest BCUT2D eigenvalue weighted by molar-refractivity contribution is 7.10. The summed E-state index contributed by atoms with van der Waals surface area (Å²) in [5, 5.41) is 5.93. The van der Waals surface area contributed by atoms with Gasteiger partial charge in [0.15, 0.2) is 0 Å². The molecule has 1 heterocycles. The lowest BCUT2D eigenvalue weighted by Gasteiger charge is -2.25. The number of hydroxylamine groups is 2. The Morgan fingerprint density at radius 2 is 2.29 bits per heavy atom. The summed E-state index contributed by atoms with van der Waals surface area (Å²) in [4.78, 5) is 31.9. The normalized spacial score (nSPS) is 10.8. The third kappa shape index (κ3) is 6.87. The molecule has 0 spiro atoms. The van der Waals surface area contributed by atoms with E-state index in [1.807, 2.05) is 20.8 Å². The van der Waals surface area contributed by atoms with E-state index in [0.29, 0.717) is 17.2 Å². The third-order valence-corrected chi connectivity index (χ3v) is 2.75. The molecule has 0 aliphatic carbocycles. The molecule has 1 aromatic heterocycles. The molecule has 2 amide bonds. The molecule has 8 heteroatoms. The summed E-state index contributed by atoms with van der Waals surface area (Å²) in [6, 6.07) is 0. The van der Waals surface area contributed by atoms with Crippen LogP contribution in [-0.4, -0.2) is 34.8 Å². The molecular formula is C13H19N3O4S. The second-order valence-corrected chi connectivity index (χ2v) is 5.97. The minimum Gasteiger partial charge on any atom is -0.445 e. The molecule has 1 N–H and O–H groups in total. The van der Waals surface area contributed by atoms with Gasteiger partial charge in [-0.15, -0.1) is 11.3 Å². The molecule has 0 saturated carbocycles. The van der Waals surface area contributed by atoms with Crippen LogP contribution in [0.3, 0.4) is 0 Å². The van der Waals surface area contributed by atoms with Crippen molar-refractivity contribution in [1.29, 1.82) is 0 Å². The molecule has 0 bridgehead atoms. The number of ether oxygens (including phenoxy) is 1. The van der Waals surface area contributed by atoms with Crippen molar-refractivity contribution in [2.45, 2.75) is 32.9 Å². The predicted molar refractivity (Wildman–Crippen MR) is 79.7 cm³/mol. The summed E-state index contributed by atoms with van der Waals surface area (Å²) in [5.74, 6) is 0.366. The van der Waals surface area contributed by atoms with Gasteiger partial charge >= 0.3 is 6.09 Å². The Bertz CT molecular complexity index is 496. The molecule has 21 heavy (non-hydrogen) atoms. The SMILES string of the molecule is C=CCOC(=O)Nc1csc(CN(C=O)OC(C)(C)C)n1. The number of carbonyl (C=O) groups excluding carboxylic acids is 2. The van der Waals surface area contributed by atoms with Crippen LogP contribution < -0.4 is 5.32 Å². The van der Waals surface area contributed by atoms with Crippen molar-refractivity contribution >= 4 is 29.7 Å². The number of aromatic nitrogens is 1.